The van der Waals surface area contributed by atoms with Crippen molar-refractivity contribution >= 4 is 27.7 Å². The molecule has 5 heterocycles. The van der Waals surface area contributed by atoms with Gasteiger partial charge in [0.25, 0.3) is 5.56 Å². The van der Waals surface area contributed by atoms with E-state index in [0.717, 1.165) is 62.2 Å². The maximum absolute atomic E-state index is 13.7. The molecule has 1 saturated heterocycles. The minimum atomic E-state index is -0.0210. The Kier molecular flexibility index (Phi) is 5.97. The Balaban J connectivity index is 1.17. The Bertz CT molecular complexity index is 1750. The molecule has 3 aromatic heterocycles. The van der Waals surface area contributed by atoms with Crippen LogP contribution in [0, 0.1) is 0 Å². The van der Waals surface area contributed by atoms with Gasteiger partial charge in [-0.3, -0.25) is 24.0 Å². The second-order valence-electron chi connectivity index (χ2n) is 10.4. The third kappa shape index (κ3) is 4.21. The first-order chi connectivity index (χ1) is 19.2. The molecule has 2 aromatic carbocycles. The summed E-state index contributed by atoms with van der Waals surface area (Å²) in [6, 6.07) is 19.9. The number of pyridine rings is 1. The molecule has 0 atom stereocenters. The number of para-hydroxylation sites is 2. The summed E-state index contributed by atoms with van der Waals surface area (Å²) in [5.41, 5.74) is 5.03. The molecule has 2 aliphatic heterocycles. The number of rotatable bonds is 5. The molecule has 0 spiro atoms. The number of benzene rings is 2. The van der Waals surface area contributed by atoms with Crippen molar-refractivity contribution < 1.29 is 4.79 Å². The zero-order valence-electron chi connectivity index (χ0n) is 21.8. The average molecular weight is 519 g/mol. The molecule has 0 aliphatic carbocycles. The summed E-state index contributed by atoms with van der Waals surface area (Å²) in [4.78, 5) is 40.5. The monoisotopic (exact) mass is 518 g/mol. The van der Waals surface area contributed by atoms with E-state index < -0.39 is 0 Å². The first-order valence-corrected chi connectivity index (χ1v) is 13.7. The number of aryl methyl sites for hydroxylation is 1. The fraction of sp³-hybridized carbons (Fsp3) is 0.290. The van der Waals surface area contributed by atoms with Gasteiger partial charge in [-0.2, -0.15) is 0 Å². The highest BCUT2D eigenvalue weighted by molar-refractivity contribution is 5.94. The molecular weight excluding hydrogens is 488 g/mol. The quantitative estimate of drug-likeness (QED) is 0.357. The summed E-state index contributed by atoms with van der Waals surface area (Å²) in [7, 11) is 0. The molecule has 0 bridgehead atoms. The lowest BCUT2D eigenvalue weighted by atomic mass is 10.0. The van der Waals surface area contributed by atoms with Crippen molar-refractivity contribution in [1.82, 2.24) is 28.9 Å². The maximum Gasteiger partial charge on any atom is 0.261 e. The van der Waals surface area contributed by atoms with E-state index in [1.54, 1.807) is 4.57 Å². The molecule has 1 fully saturated rings. The zero-order valence-corrected chi connectivity index (χ0v) is 21.8. The number of fused-ring (bicyclic) bond motifs is 6. The van der Waals surface area contributed by atoms with E-state index in [9.17, 15) is 9.59 Å². The van der Waals surface area contributed by atoms with E-state index in [0.29, 0.717) is 23.3 Å². The van der Waals surface area contributed by atoms with Crippen LogP contribution in [0.4, 0.5) is 0 Å². The lowest BCUT2D eigenvalue weighted by Crippen LogP contribution is -2.50. The molecular formula is C31H30N6O2. The second kappa shape index (κ2) is 9.78. The van der Waals surface area contributed by atoms with Gasteiger partial charge in [-0.15, -0.1) is 0 Å². The highest BCUT2D eigenvalue weighted by Crippen LogP contribution is 2.36. The van der Waals surface area contributed by atoms with Gasteiger partial charge in [0.2, 0.25) is 5.91 Å². The molecule has 8 heteroatoms. The predicted octanol–water partition coefficient (Wildman–Crippen LogP) is 3.36. The van der Waals surface area contributed by atoms with Gasteiger partial charge in [0, 0.05) is 62.6 Å². The van der Waals surface area contributed by atoms with Crippen molar-refractivity contribution in [3.63, 3.8) is 0 Å². The number of carbonyl (C=O) groups excluding carboxylic acids is 1. The number of hydrogen-bond acceptors (Lipinski definition) is 5. The number of nitrogens with zero attached hydrogens (tertiary/aromatic N) is 6. The fourth-order valence-corrected chi connectivity index (χ4v) is 6.12. The minimum absolute atomic E-state index is 0.0210. The number of piperazine rings is 1. The van der Waals surface area contributed by atoms with E-state index in [-0.39, 0.29) is 18.0 Å². The Hall–Kier alpha value is -4.30. The summed E-state index contributed by atoms with van der Waals surface area (Å²) in [6.07, 6.45) is 5.39. The van der Waals surface area contributed by atoms with Gasteiger partial charge in [0.15, 0.2) is 5.82 Å². The van der Waals surface area contributed by atoms with Crippen LogP contribution < -0.4 is 5.56 Å². The van der Waals surface area contributed by atoms with Crippen molar-refractivity contribution in [2.45, 2.75) is 25.9 Å². The predicted molar refractivity (Wildman–Crippen MR) is 152 cm³/mol. The highest BCUT2D eigenvalue weighted by Gasteiger charge is 2.29. The number of aromatic nitrogens is 4. The largest absolute Gasteiger partial charge is 0.339 e. The Morgan fingerprint density at radius 1 is 0.846 bits per heavy atom. The summed E-state index contributed by atoms with van der Waals surface area (Å²) in [6.45, 7) is 4.97. The summed E-state index contributed by atoms with van der Waals surface area (Å²) in [5, 5.41) is 1.76. The summed E-state index contributed by atoms with van der Waals surface area (Å²) < 4.78 is 3.88. The van der Waals surface area contributed by atoms with Crippen LogP contribution in [0.3, 0.4) is 0 Å². The van der Waals surface area contributed by atoms with Crippen molar-refractivity contribution in [3.05, 3.63) is 94.5 Å². The van der Waals surface area contributed by atoms with Gasteiger partial charge in [-0.05, 0) is 54.3 Å². The third-order valence-corrected chi connectivity index (χ3v) is 8.22. The SMILES string of the molecule is O=C(Cn1c2c(c3ccccc31)CCn1c-2nc2ccccc2c1=O)N1CCN(CCc2ccncc2)CC1. The van der Waals surface area contributed by atoms with E-state index in [4.69, 9.17) is 4.98 Å². The van der Waals surface area contributed by atoms with Crippen LogP contribution in [-0.2, 0) is 30.7 Å². The van der Waals surface area contributed by atoms with Crippen LogP contribution in [0.2, 0.25) is 0 Å². The normalized spacial score (nSPS) is 15.4. The fourth-order valence-electron chi connectivity index (χ4n) is 6.12. The van der Waals surface area contributed by atoms with Crippen LogP contribution >= 0.6 is 0 Å². The van der Waals surface area contributed by atoms with Crippen LogP contribution in [-0.4, -0.2) is 67.5 Å². The number of hydrogen-bond donors (Lipinski definition) is 0. The van der Waals surface area contributed by atoms with Gasteiger partial charge in [0.05, 0.1) is 16.6 Å². The summed E-state index contributed by atoms with van der Waals surface area (Å²) >= 11 is 0. The van der Waals surface area contributed by atoms with Gasteiger partial charge in [0.1, 0.15) is 6.54 Å². The lowest BCUT2D eigenvalue weighted by Gasteiger charge is -2.35. The standard InChI is InChI=1S/C31H30N6O2/c38-28(35-19-17-34(18-20-35)15-11-22-9-13-32-14-10-22)21-37-27-8-4-2-5-23(27)24-12-16-36-30(29(24)37)33-26-7-3-1-6-25(26)31(36)39/h1-10,13-14H,11-12,15-21H2. The average Bonchev–Trinajstić information content (AvgIpc) is 3.31. The van der Waals surface area contributed by atoms with Crippen LogP contribution in [0.15, 0.2) is 77.9 Å². The summed E-state index contributed by atoms with van der Waals surface area (Å²) in [5.74, 6) is 0.762. The number of amides is 1. The molecule has 5 aromatic rings. The van der Waals surface area contributed by atoms with Gasteiger partial charge < -0.3 is 9.47 Å². The molecule has 0 N–H and O–H groups in total. The molecule has 2 aliphatic rings. The van der Waals surface area contributed by atoms with Crippen molar-refractivity contribution in [2.24, 2.45) is 0 Å². The van der Waals surface area contributed by atoms with Gasteiger partial charge in [-0.1, -0.05) is 30.3 Å². The highest BCUT2D eigenvalue weighted by atomic mass is 16.2. The maximum atomic E-state index is 13.7. The van der Waals surface area contributed by atoms with Crippen molar-refractivity contribution in [1.29, 1.82) is 0 Å². The second-order valence-corrected chi connectivity index (χ2v) is 10.4. The number of carbonyl (C=O) groups is 1. The topological polar surface area (TPSA) is 76.3 Å². The molecule has 1 amide bonds. The Morgan fingerprint density at radius 3 is 2.41 bits per heavy atom. The Morgan fingerprint density at radius 2 is 1.59 bits per heavy atom. The van der Waals surface area contributed by atoms with E-state index in [1.165, 1.54) is 11.1 Å². The van der Waals surface area contributed by atoms with E-state index in [1.807, 2.05) is 53.7 Å². The van der Waals surface area contributed by atoms with Crippen molar-refractivity contribution in [2.75, 3.05) is 32.7 Å². The zero-order chi connectivity index (χ0) is 26.3. The van der Waals surface area contributed by atoms with Crippen LogP contribution in [0.25, 0.3) is 33.3 Å². The third-order valence-electron chi connectivity index (χ3n) is 8.22. The van der Waals surface area contributed by atoms with Gasteiger partial charge in [-0.25, -0.2) is 4.98 Å². The Labute approximate surface area is 226 Å². The smallest absolute Gasteiger partial charge is 0.261 e. The van der Waals surface area contributed by atoms with Crippen molar-refractivity contribution in [3.8, 4) is 11.5 Å². The first kappa shape index (κ1) is 23.8. The molecule has 8 nitrogen and oxygen atoms in total. The van der Waals surface area contributed by atoms with Crippen LogP contribution in [0.5, 0.6) is 0 Å². The molecule has 196 valence electrons. The van der Waals surface area contributed by atoms with E-state index >= 15 is 0 Å². The van der Waals surface area contributed by atoms with Gasteiger partial charge >= 0.3 is 0 Å². The molecule has 39 heavy (non-hydrogen) atoms. The molecule has 0 unspecified atom stereocenters. The molecule has 0 radical (unpaired) electrons. The lowest BCUT2D eigenvalue weighted by molar-refractivity contribution is -0.133. The molecule has 0 saturated carbocycles. The minimum Gasteiger partial charge on any atom is -0.339 e. The molecule has 7 rings (SSSR count). The first-order valence-electron chi connectivity index (χ1n) is 13.7. The van der Waals surface area contributed by atoms with Crippen LogP contribution in [0.1, 0.15) is 11.1 Å². The van der Waals surface area contributed by atoms with E-state index in [2.05, 4.69) is 38.7 Å².